The second kappa shape index (κ2) is 12.3. The van der Waals surface area contributed by atoms with E-state index >= 15 is 0 Å². The first-order chi connectivity index (χ1) is 19.0. The number of hydrogen-bond donors (Lipinski definition) is 1. The second-order valence-electron chi connectivity index (χ2n) is 9.35. The average Bonchev–Trinajstić information content (AvgIpc) is 3.66. The molecular weight excluding hydrogens is 586 g/mol. The number of anilines is 1. The van der Waals surface area contributed by atoms with Gasteiger partial charge in [-0.25, -0.2) is 9.97 Å². The van der Waals surface area contributed by atoms with Gasteiger partial charge >= 0.3 is 0 Å². The number of carbonyl (C=O) groups is 2. The zero-order valence-electron chi connectivity index (χ0n) is 22.0. The van der Waals surface area contributed by atoms with Crippen LogP contribution in [0.25, 0.3) is 31.4 Å². The lowest BCUT2D eigenvalue weighted by molar-refractivity contribution is -0.135. The lowest BCUT2D eigenvalue weighted by Crippen LogP contribution is -2.36. The van der Waals surface area contributed by atoms with Crippen LogP contribution in [-0.4, -0.2) is 69.4 Å². The molecule has 40 heavy (non-hydrogen) atoms. The maximum Gasteiger partial charge on any atom is 0.275 e. The molecule has 1 aromatic carbocycles. The molecule has 12 heteroatoms. The zero-order valence-corrected chi connectivity index (χ0v) is 25.3. The minimum atomic E-state index is -0.412. The third-order valence-electron chi connectivity index (χ3n) is 6.75. The summed E-state index contributed by atoms with van der Waals surface area (Å²) in [5.41, 5.74) is 5.41. The number of ether oxygens (including phenoxy) is 1. The molecule has 1 N–H and O–H groups in total. The van der Waals surface area contributed by atoms with Crippen LogP contribution < -0.4 is 10.2 Å². The van der Waals surface area contributed by atoms with Crippen LogP contribution in [0, 0.1) is 6.92 Å². The van der Waals surface area contributed by atoms with Gasteiger partial charge in [0.25, 0.3) is 11.8 Å². The predicted molar refractivity (Wildman–Crippen MR) is 167 cm³/mol. The van der Waals surface area contributed by atoms with Crippen LogP contribution in [0.15, 0.2) is 53.4 Å². The molecule has 2 aliphatic rings. The molecule has 1 fully saturated rings. The first-order valence-corrected chi connectivity index (χ1v) is 15.5. The Morgan fingerprint density at radius 2 is 1.82 bits per heavy atom. The third-order valence-corrected chi connectivity index (χ3v) is 9.79. The van der Waals surface area contributed by atoms with Gasteiger partial charge in [0.15, 0.2) is 11.6 Å². The molecule has 0 bridgehead atoms. The van der Waals surface area contributed by atoms with Gasteiger partial charge in [-0.1, -0.05) is 6.07 Å². The van der Waals surface area contributed by atoms with Crippen LogP contribution >= 0.6 is 46.8 Å². The van der Waals surface area contributed by atoms with Crippen molar-refractivity contribution in [3.8, 4) is 26.9 Å². The number of nitrogens with zero attached hydrogens (tertiary/aromatic N) is 4. The van der Waals surface area contributed by atoms with Crippen molar-refractivity contribution < 1.29 is 14.3 Å². The maximum absolute atomic E-state index is 12.6. The average molecular weight is 614 g/mol. The fraction of sp³-hybridized carbons (Fsp3) is 0.286. The fourth-order valence-electron chi connectivity index (χ4n) is 4.63. The van der Waals surface area contributed by atoms with E-state index in [4.69, 9.17) is 14.7 Å². The molecule has 0 aliphatic carbocycles. The Labute approximate surface area is 250 Å². The Balaban J connectivity index is 0.00000323. The fourth-order valence-corrected chi connectivity index (χ4v) is 7.45. The molecule has 1 saturated heterocycles. The van der Waals surface area contributed by atoms with E-state index in [2.05, 4.69) is 22.5 Å². The number of thioether (sulfide) groups is 1. The number of nitrogens with one attached hydrogen (secondary N) is 1. The molecule has 0 saturated carbocycles. The number of imide groups is 1. The van der Waals surface area contributed by atoms with Gasteiger partial charge in [0.2, 0.25) is 0 Å². The minimum Gasteiger partial charge on any atom is -0.492 e. The van der Waals surface area contributed by atoms with Crippen molar-refractivity contribution in [3.05, 3.63) is 59.0 Å². The smallest absolute Gasteiger partial charge is 0.275 e. The van der Waals surface area contributed by atoms with E-state index in [0.29, 0.717) is 23.8 Å². The number of carbonyl (C=O) groups excluding carboxylic acids is 2. The van der Waals surface area contributed by atoms with E-state index in [-0.39, 0.29) is 18.3 Å². The van der Waals surface area contributed by atoms with Crippen LogP contribution in [0.3, 0.4) is 0 Å². The third kappa shape index (κ3) is 5.75. The number of thiophene rings is 2. The van der Waals surface area contributed by atoms with E-state index in [1.165, 1.54) is 28.9 Å². The van der Waals surface area contributed by atoms with Crippen LogP contribution in [0.5, 0.6) is 5.75 Å². The lowest BCUT2D eigenvalue weighted by atomic mass is 10.1. The molecule has 0 unspecified atom stereocenters. The van der Waals surface area contributed by atoms with Crippen LogP contribution in [0.4, 0.5) is 5.82 Å². The summed E-state index contributed by atoms with van der Waals surface area (Å²) >= 11 is 5.12. The van der Waals surface area contributed by atoms with Crippen LogP contribution in [0.2, 0.25) is 0 Å². The number of amides is 2. The summed E-state index contributed by atoms with van der Waals surface area (Å²) in [4.78, 5) is 39.9. The zero-order chi connectivity index (χ0) is 26.9. The quantitative estimate of drug-likeness (QED) is 0.246. The molecule has 2 amide bonds. The van der Waals surface area contributed by atoms with E-state index in [1.807, 2.05) is 48.3 Å². The van der Waals surface area contributed by atoms with Gasteiger partial charge in [-0.05, 0) is 60.7 Å². The normalized spacial score (nSPS) is 15.8. The van der Waals surface area contributed by atoms with Crippen molar-refractivity contribution in [3.63, 3.8) is 0 Å². The molecule has 3 aromatic heterocycles. The number of aromatic nitrogens is 2. The molecular formula is C28H28ClN5O3S3. The summed E-state index contributed by atoms with van der Waals surface area (Å²) in [5, 5.41) is 3.78. The molecule has 0 atom stereocenters. The Morgan fingerprint density at radius 3 is 2.50 bits per heavy atom. The summed E-state index contributed by atoms with van der Waals surface area (Å²) in [6.45, 7) is 7.51. The highest BCUT2D eigenvalue weighted by molar-refractivity contribution is 7.99. The number of hydrazine groups is 1. The van der Waals surface area contributed by atoms with E-state index in [1.54, 1.807) is 18.3 Å². The molecule has 0 radical (unpaired) electrons. The van der Waals surface area contributed by atoms with Gasteiger partial charge in [-0.15, -0.1) is 35.1 Å². The van der Waals surface area contributed by atoms with Crippen LogP contribution in [-0.2, 0) is 9.59 Å². The van der Waals surface area contributed by atoms with Crippen LogP contribution in [0.1, 0.15) is 12.5 Å². The molecule has 2 aliphatic heterocycles. The Hall–Kier alpha value is -2.96. The second-order valence-corrected chi connectivity index (χ2v) is 12.5. The monoisotopic (exact) mass is 613 g/mol. The summed E-state index contributed by atoms with van der Waals surface area (Å²) in [6.07, 6.45) is 1.33. The van der Waals surface area contributed by atoms with Crippen molar-refractivity contribution in [2.45, 2.75) is 13.8 Å². The Morgan fingerprint density at radius 1 is 1.05 bits per heavy atom. The number of fused-ring (bicyclic) bond motifs is 1. The van der Waals surface area contributed by atoms with Crippen molar-refractivity contribution in [1.29, 1.82) is 0 Å². The molecule has 4 aromatic rings. The standard InChI is InChI=1S/C28H27N5O3S3.ClH/c1-17-16-22(34)33(28(17)35)31-26-23-18(2)24(39-27(23)30-25(29-26)21-4-3-13-38-21)19-5-7-20(8-6-19)36-12-9-32-10-14-37-15-11-32;/h3-8,13,16H,9-12,14-15H2,1-2H3,(H,29,30,31);1H. The van der Waals surface area contributed by atoms with Gasteiger partial charge in [0, 0.05) is 47.7 Å². The summed E-state index contributed by atoms with van der Waals surface area (Å²) in [5.74, 6) is 3.43. The Kier molecular flexibility index (Phi) is 8.77. The topological polar surface area (TPSA) is 87.7 Å². The SMILES string of the molecule is CC1=CC(=O)N(Nc2nc(-c3cccs3)nc3sc(-c4ccc(OCCN5CCSCC5)cc4)c(C)c23)C1=O.Cl. The van der Waals surface area contributed by atoms with E-state index < -0.39 is 5.91 Å². The summed E-state index contributed by atoms with van der Waals surface area (Å²) in [7, 11) is 0. The molecule has 0 spiro atoms. The van der Waals surface area contributed by atoms with E-state index in [9.17, 15) is 9.59 Å². The molecule has 5 heterocycles. The number of rotatable bonds is 8. The van der Waals surface area contributed by atoms with Gasteiger partial charge < -0.3 is 4.74 Å². The first-order valence-electron chi connectivity index (χ1n) is 12.7. The number of benzene rings is 1. The van der Waals surface area contributed by atoms with Gasteiger partial charge in [0.1, 0.15) is 17.2 Å². The van der Waals surface area contributed by atoms with Crippen molar-refractivity contribution >= 4 is 74.7 Å². The molecule has 6 rings (SSSR count). The minimum absolute atomic E-state index is 0. The lowest BCUT2D eigenvalue weighted by Gasteiger charge is -2.25. The highest BCUT2D eigenvalue weighted by Crippen LogP contribution is 2.42. The summed E-state index contributed by atoms with van der Waals surface area (Å²) < 4.78 is 6.02. The highest BCUT2D eigenvalue weighted by Gasteiger charge is 2.30. The largest absolute Gasteiger partial charge is 0.492 e. The Bertz CT molecular complexity index is 1560. The van der Waals surface area contributed by atoms with Crippen molar-refractivity contribution in [2.75, 3.05) is 43.2 Å². The van der Waals surface area contributed by atoms with Gasteiger partial charge in [-0.3, -0.25) is 19.9 Å². The van der Waals surface area contributed by atoms with E-state index in [0.717, 1.165) is 61.5 Å². The van der Waals surface area contributed by atoms with Gasteiger partial charge in [-0.2, -0.15) is 16.8 Å². The van der Waals surface area contributed by atoms with Gasteiger partial charge in [0.05, 0.1) is 10.3 Å². The number of hydrogen-bond acceptors (Lipinski definition) is 10. The number of aryl methyl sites for hydroxylation is 1. The van der Waals surface area contributed by atoms with Crippen molar-refractivity contribution in [2.24, 2.45) is 0 Å². The molecule has 8 nitrogen and oxygen atoms in total. The maximum atomic E-state index is 12.6. The first kappa shape index (κ1) is 28.6. The predicted octanol–water partition coefficient (Wildman–Crippen LogP) is 5.89. The number of halogens is 1. The van der Waals surface area contributed by atoms with Crippen molar-refractivity contribution in [1.82, 2.24) is 19.9 Å². The molecule has 208 valence electrons. The highest BCUT2D eigenvalue weighted by atomic mass is 35.5. The summed E-state index contributed by atoms with van der Waals surface area (Å²) in [6, 6.07) is 12.0.